The molecule has 2 nitrogen and oxygen atoms in total. The van der Waals surface area contributed by atoms with E-state index >= 15 is 0 Å². The fourth-order valence-electron chi connectivity index (χ4n) is 1.69. The van der Waals surface area contributed by atoms with Crippen molar-refractivity contribution in [2.24, 2.45) is 0 Å². The Morgan fingerprint density at radius 1 is 1.12 bits per heavy atom. The van der Waals surface area contributed by atoms with E-state index in [1.165, 1.54) is 0 Å². The zero-order valence-corrected chi connectivity index (χ0v) is 10.4. The molecule has 0 saturated heterocycles. The van der Waals surface area contributed by atoms with E-state index in [2.05, 4.69) is 18.3 Å². The van der Waals surface area contributed by atoms with Crippen LogP contribution in [0.25, 0.3) is 0 Å². The molecule has 0 amide bonds. The van der Waals surface area contributed by atoms with Gasteiger partial charge in [-0.25, -0.2) is 0 Å². The van der Waals surface area contributed by atoms with Crippen molar-refractivity contribution in [1.29, 1.82) is 0 Å². The van der Waals surface area contributed by atoms with Crippen molar-refractivity contribution in [3.63, 3.8) is 0 Å². The van der Waals surface area contributed by atoms with Crippen LogP contribution in [-0.4, -0.2) is 0 Å². The van der Waals surface area contributed by atoms with E-state index in [1.807, 2.05) is 42.5 Å². The van der Waals surface area contributed by atoms with Crippen LogP contribution in [0.5, 0.6) is 0 Å². The van der Waals surface area contributed by atoms with E-state index in [0.717, 1.165) is 22.0 Å². The SMILES string of the molecule is CC(Nc1ccc(N)cc1)c1cccc(Cl)c1. The molecular weight excluding hydrogens is 232 g/mol. The van der Waals surface area contributed by atoms with Crippen molar-refractivity contribution < 1.29 is 0 Å². The fourth-order valence-corrected chi connectivity index (χ4v) is 1.89. The Hall–Kier alpha value is -1.67. The first kappa shape index (κ1) is 11.8. The van der Waals surface area contributed by atoms with Crippen molar-refractivity contribution >= 4 is 23.0 Å². The molecule has 0 aromatic heterocycles. The molecule has 0 heterocycles. The number of hydrogen-bond acceptors (Lipinski definition) is 2. The lowest BCUT2D eigenvalue weighted by molar-refractivity contribution is 0.885. The van der Waals surface area contributed by atoms with Gasteiger partial charge in [0.25, 0.3) is 0 Å². The molecule has 88 valence electrons. The quantitative estimate of drug-likeness (QED) is 0.801. The number of halogens is 1. The summed E-state index contributed by atoms with van der Waals surface area (Å²) in [5, 5.41) is 4.16. The van der Waals surface area contributed by atoms with Gasteiger partial charge in [-0.15, -0.1) is 0 Å². The minimum Gasteiger partial charge on any atom is -0.399 e. The van der Waals surface area contributed by atoms with Crippen LogP contribution in [0.2, 0.25) is 5.02 Å². The monoisotopic (exact) mass is 246 g/mol. The molecule has 1 atom stereocenters. The van der Waals surface area contributed by atoms with Gasteiger partial charge in [0.05, 0.1) is 0 Å². The molecule has 1 unspecified atom stereocenters. The van der Waals surface area contributed by atoms with Gasteiger partial charge < -0.3 is 11.1 Å². The zero-order valence-electron chi connectivity index (χ0n) is 9.65. The van der Waals surface area contributed by atoms with E-state index in [9.17, 15) is 0 Å². The van der Waals surface area contributed by atoms with Gasteiger partial charge in [0.15, 0.2) is 0 Å². The lowest BCUT2D eigenvalue weighted by atomic mass is 10.1. The first-order valence-corrected chi connectivity index (χ1v) is 5.90. The number of nitrogens with two attached hydrogens (primary N) is 1. The minimum absolute atomic E-state index is 0.206. The first-order chi connectivity index (χ1) is 8.15. The van der Waals surface area contributed by atoms with Crippen LogP contribution in [0.4, 0.5) is 11.4 Å². The summed E-state index contributed by atoms with van der Waals surface area (Å²) in [4.78, 5) is 0. The molecule has 3 N–H and O–H groups in total. The number of benzene rings is 2. The van der Waals surface area contributed by atoms with Crippen LogP contribution < -0.4 is 11.1 Å². The molecule has 2 rings (SSSR count). The lowest BCUT2D eigenvalue weighted by Gasteiger charge is -2.16. The normalized spacial score (nSPS) is 12.1. The minimum atomic E-state index is 0.206. The van der Waals surface area contributed by atoms with Crippen molar-refractivity contribution in [3.8, 4) is 0 Å². The fraction of sp³-hybridized carbons (Fsp3) is 0.143. The number of anilines is 2. The molecule has 17 heavy (non-hydrogen) atoms. The molecule has 0 aliphatic carbocycles. The van der Waals surface area contributed by atoms with Crippen LogP contribution in [-0.2, 0) is 0 Å². The van der Waals surface area contributed by atoms with Gasteiger partial charge in [-0.1, -0.05) is 23.7 Å². The third-order valence-electron chi connectivity index (χ3n) is 2.64. The van der Waals surface area contributed by atoms with E-state index in [-0.39, 0.29) is 6.04 Å². The molecule has 0 saturated carbocycles. The van der Waals surface area contributed by atoms with Gasteiger partial charge in [-0.3, -0.25) is 0 Å². The maximum absolute atomic E-state index is 5.97. The Labute approximate surface area is 106 Å². The zero-order chi connectivity index (χ0) is 12.3. The highest BCUT2D eigenvalue weighted by Gasteiger charge is 2.05. The Kier molecular flexibility index (Phi) is 3.55. The van der Waals surface area contributed by atoms with Crippen LogP contribution in [0, 0.1) is 0 Å². The lowest BCUT2D eigenvalue weighted by Crippen LogP contribution is -2.06. The Morgan fingerprint density at radius 3 is 2.47 bits per heavy atom. The van der Waals surface area contributed by atoms with Crippen molar-refractivity contribution in [3.05, 3.63) is 59.1 Å². The van der Waals surface area contributed by atoms with Gasteiger partial charge >= 0.3 is 0 Å². The maximum atomic E-state index is 5.97. The molecule has 2 aromatic rings. The highest BCUT2D eigenvalue weighted by atomic mass is 35.5. The average molecular weight is 247 g/mol. The molecule has 0 aliphatic rings. The molecule has 0 fully saturated rings. The van der Waals surface area contributed by atoms with E-state index in [1.54, 1.807) is 0 Å². The van der Waals surface area contributed by atoms with Gasteiger partial charge in [0, 0.05) is 22.4 Å². The highest BCUT2D eigenvalue weighted by molar-refractivity contribution is 6.30. The van der Waals surface area contributed by atoms with Crippen LogP contribution >= 0.6 is 11.6 Å². The smallest absolute Gasteiger partial charge is 0.0486 e. The number of nitrogen functional groups attached to an aromatic ring is 1. The molecule has 2 aromatic carbocycles. The summed E-state index contributed by atoms with van der Waals surface area (Å²) in [6.45, 7) is 2.10. The van der Waals surface area contributed by atoms with Crippen LogP contribution in [0.1, 0.15) is 18.5 Å². The van der Waals surface area contributed by atoms with Crippen molar-refractivity contribution in [2.45, 2.75) is 13.0 Å². The summed E-state index contributed by atoms with van der Waals surface area (Å²) in [6.07, 6.45) is 0. The third kappa shape index (κ3) is 3.14. The summed E-state index contributed by atoms with van der Waals surface area (Å²) >= 11 is 5.97. The van der Waals surface area contributed by atoms with Gasteiger partial charge in [-0.05, 0) is 48.9 Å². The topological polar surface area (TPSA) is 38.0 Å². The standard InChI is InChI=1S/C14H15ClN2/c1-10(11-3-2-4-12(15)9-11)17-14-7-5-13(16)6-8-14/h2-10,17H,16H2,1H3. The second-order valence-electron chi connectivity index (χ2n) is 4.04. The Morgan fingerprint density at radius 2 is 1.82 bits per heavy atom. The van der Waals surface area contributed by atoms with E-state index in [0.29, 0.717) is 0 Å². The molecule has 0 aliphatic heterocycles. The number of nitrogens with one attached hydrogen (secondary N) is 1. The maximum Gasteiger partial charge on any atom is 0.0486 e. The molecule has 3 heteroatoms. The Balaban J connectivity index is 2.11. The molecule has 0 radical (unpaired) electrons. The van der Waals surface area contributed by atoms with Gasteiger partial charge in [0.1, 0.15) is 0 Å². The summed E-state index contributed by atoms with van der Waals surface area (Å²) in [7, 11) is 0. The van der Waals surface area contributed by atoms with Gasteiger partial charge in [-0.2, -0.15) is 0 Å². The summed E-state index contributed by atoms with van der Waals surface area (Å²) in [5.41, 5.74) is 8.62. The van der Waals surface area contributed by atoms with E-state index < -0.39 is 0 Å². The van der Waals surface area contributed by atoms with Crippen molar-refractivity contribution in [2.75, 3.05) is 11.1 Å². The van der Waals surface area contributed by atoms with Gasteiger partial charge in [0.2, 0.25) is 0 Å². The summed E-state index contributed by atoms with van der Waals surface area (Å²) in [6, 6.07) is 15.8. The number of hydrogen-bond donors (Lipinski definition) is 2. The summed E-state index contributed by atoms with van der Waals surface area (Å²) in [5.74, 6) is 0. The molecular formula is C14H15ClN2. The number of rotatable bonds is 3. The first-order valence-electron chi connectivity index (χ1n) is 5.53. The average Bonchev–Trinajstić information content (AvgIpc) is 2.32. The molecule has 0 spiro atoms. The van der Waals surface area contributed by atoms with Crippen LogP contribution in [0.3, 0.4) is 0 Å². The molecule has 0 bridgehead atoms. The van der Waals surface area contributed by atoms with E-state index in [4.69, 9.17) is 17.3 Å². The Bertz CT molecular complexity index is 494. The second kappa shape index (κ2) is 5.11. The largest absolute Gasteiger partial charge is 0.399 e. The third-order valence-corrected chi connectivity index (χ3v) is 2.88. The highest BCUT2D eigenvalue weighted by Crippen LogP contribution is 2.22. The predicted octanol–water partition coefficient (Wildman–Crippen LogP) is 4.10. The van der Waals surface area contributed by atoms with Crippen LogP contribution in [0.15, 0.2) is 48.5 Å². The van der Waals surface area contributed by atoms with Crippen molar-refractivity contribution in [1.82, 2.24) is 0 Å². The summed E-state index contributed by atoms with van der Waals surface area (Å²) < 4.78 is 0. The predicted molar refractivity (Wildman–Crippen MR) is 74.3 cm³/mol. The second-order valence-corrected chi connectivity index (χ2v) is 4.48.